The number of aromatic carboxylic acids is 1. The number of nitrogens with zero attached hydrogens (tertiary/aromatic N) is 1. The number of hydrogen-bond acceptors (Lipinski definition) is 2. The summed E-state index contributed by atoms with van der Waals surface area (Å²) < 4.78 is 2.70. The molecule has 2 aromatic rings. The highest BCUT2D eigenvalue weighted by atomic mass is 79.9. The van der Waals surface area contributed by atoms with E-state index in [1.165, 1.54) is 6.20 Å². The number of carboxylic acid groups (broad SMARTS) is 1. The van der Waals surface area contributed by atoms with Gasteiger partial charge in [0, 0.05) is 22.1 Å². The van der Waals surface area contributed by atoms with E-state index >= 15 is 0 Å². The molecular formula is C13H10BrNO3. The second-order valence-corrected chi connectivity index (χ2v) is 5.51. The normalized spacial score (nSPS) is 17.3. The van der Waals surface area contributed by atoms with Crippen LogP contribution in [0, 0.1) is 0 Å². The zero-order valence-electron chi connectivity index (χ0n) is 9.61. The number of rotatable bonds is 1. The standard InChI is InChI=1S/C13H10BrNO3/c1-6-2-7-3-8(14)4-9-11(7)15(6)5-10(12(9)16)13(17)18/h3-6H,2H2,1H3,(H,17,18)/t6-/m1/s1. The second kappa shape index (κ2) is 3.68. The maximum atomic E-state index is 12.1. The Labute approximate surface area is 111 Å². The molecule has 4 nitrogen and oxygen atoms in total. The van der Waals surface area contributed by atoms with Gasteiger partial charge in [-0.1, -0.05) is 15.9 Å². The molecule has 1 aromatic heterocycles. The van der Waals surface area contributed by atoms with Gasteiger partial charge < -0.3 is 9.67 Å². The van der Waals surface area contributed by atoms with Gasteiger partial charge in [0.25, 0.3) is 0 Å². The van der Waals surface area contributed by atoms with Crippen LogP contribution in [-0.4, -0.2) is 15.6 Å². The van der Waals surface area contributed by atoms with E-state index in [0.717, 1.165) is 22.0 Å². The summed E-state index contributed by atoms with van der Waals surface area (Å²) in [7, 11) is 0. The van der Waals surface area contributed by atoms with Gasteiger partial charge in [-0.25, -0.2) is 4.79 Å². The number of halogens is 1. The second-order valence-electron chi connectivity index (χ2n) is 4.60. The molecule has 0 saturated heterocycles. The third-order valence-electron chi connectivity index (χ3n) is 3.39. The lowest BCUT2D eigenvalue weighted by Crippen LogP contribution is -2.18. The smallest absolute Gasteiger partial charge is 0.341 e. The molecule has 92 valence electrons. The monoisotopic (exact) mass is 307 g/mol. The van der Waals surface area contributed by atoms with Crippen LogP contribution in [0.15, 0.2) is 27.6 Å². The quantitative estimate of drug-likeness (QED) is 0.881. The Morgan fingerprint density at radius 1 is 1.50 bits per heavy atom. The van der Waals surface area contributed by atoms with E-state index in [1.807, 2.05) is 17.6 Å². The predicted molar refractivity (Wildman–Crippen MR) is 71.3 cm³/mol. The molecule has 1 atom stereocenters. The first kappa shape index (κ1) is 11.5. The van der Waals surface area contributed by atoms with Crippen molar-refractivity contribution in [3.8, 4) is 0 Å². The summed E-state index contributed by atoms with van der Waals surface area (Å²) in [6, 6.07) is 3.86. The number of carboxylic acids is 1. The molecule has 1 aromatic carbocycles. The molecule has 1 N–H and O–H groups in total. The highest BCUT2D eigenvalue weighted by Gasteiger charge is 2.24. The lowest BCUT2D eigenvalue weighted by molar-refractivity contribution is 0.0695. The molecule has 18 heavy (non-hydrogen) atoms. The molecule has 0 fully saturated rings. The van der Waals surface area contributed by atoms with Crippen LogP contribution in [0.1, 0.15) is 28.9 Å². The fraction of sp³-hybridized carbons (Fsp3) is 0.231. The van der Waals surface area contributed by atoms with E-state index in [2.05, 4.69) is 15.9 Å². The van der Waals surface area contributed by atoms with Crippen molar-refractivity contribution >= 4 is 32.8 Å². The van der Waals surface area contributed by atoms with Gasteiger partial charge in [-0.3, -0.25) is 4.79 Å². The molecule has 0 spiro atoms. The maximum Gasteiger partial charge on any atom is 0.341 e. The van der Waals surface area contributed by atoms with Gasteiger partial charge in [-0.2, -0.15) is 0 Å². The first-order valence-electron chi connectivity index (χ1n) is 5.59. The third kappa shape index (κ3) is 1.43. The van der Waals surface area contributed by atoms with Gasteiger partial charge in [0.2, 0.25) is 5.43 Å². The summed E-state index contributed by atoms with van der Waals surface area (Å²) in [5.74, 6) is -1.17. The number of aromatic nitrogens is 1. The summed E-state index contributed by atoms with van der Waals surface area (Å²) in [5, 5.41) is 9.57. The van der Waals surface area contributed by atoms with Crippen LogP contribution in [0.5, 0.6) is 0 Å². The lowest BCUT2D eigenvalue weighted by Gasteiger charge is -2.10. The van der Waals surface area contributed by atoms with Crippen LogP contribution in [0.2, 0.25) is 0 Å². The minimum absolute atomic E-state index is 0.166. The van der Waals surface area contributed by atoms with Crippen LogP contribution in [0.25, 0.3) is 10.9 Å². The first-order valence-corrected chi connectivity index (χ1v) is 6.39. The van der Waals surface area contributed by atoms with Crippen LogP contribution in [0.4, 0.5) is 0 Å². The van der Waals surface area contributed by atoms with Gasteiger partial charge in [0.15, 0.2) is 0 Å². The van der Waals surface area contributed by atoms with Crippen molar-refractivity contribution in [1.82, 2.24) is 4.57 Å². The maximum absolute atomic E-state index is 12.1. The Balaban J connectivity index is 2.54. The van der Waals surface area contributed by atoms with Gasteiger partial charge in [0.05, 0.1) is 5.52 Å². The molecule has 2 heterocycles. The molecule has 0 unspecified atom stereocenters. The molecule has 0 radical (unpaired) electrons. The van der Waals surface area contributed by atoms with Gasteiger partial charge in [-0.05, 0) is 31.0 Å². The highest BCUT2D eigenvalue weighted by Crippen LogP contribution is 2.33. The molecule has 0 saturated carbocycles. The zero-order valence-corrected chi connectivity index (χ0v) is 11.2. The van der Waals surface area contributed by atoms with Gasteiger partial charge in [0.1, 0.15) is 5.56 Å². The molecule has 3 rings (SSSR count). The van der Waals surface area contributed by atoms with Crippen molar-refractivity contribution in [1.29, 1.82) is 0 Å². The van der Waals surface area contributed by atoms with Gasteiger partial charge >= 0.3 is 5.97 Å². The Bertz CT molecular complexity index is 748. The Hall–Kier alpha value is -1.62. The van der Waals surface area contributed by atoms with Crippen LogP contribution in [-0.2, 0) is 6.42 Å². The van der Waals surface area contributed by atoms with Crippen molar-refractivity contribution in [3.05, 3.63) is 44.2 Å². The predicted octanol–water partition coefficient (Wildman–Crippen LogP) is 2.58. The Morgan fingerprint density at radius 2 is 2.22 bits per heavy atom. The zero-order chi connectivity index (χ0) is 13.0. The van der Waals surface area contributed by atoms with Crippen molar-refractivity contribution in [2.75, 3.05) is 0 Å². The summed E-state index contributed by atoms with van der Waals surface area (Å²) >= 11 is 3.37. The third-order valence-corrected chi connectivity index (χ3v) is 3.85. The van der Waals surface area contributed by atoms with E-state index in [-0.39, 0.29) is 11.6 Å². The molecule has 0 aliphatic carbocycles. The van der Waals surface area contributed by atoms with Crippen LogP contribution < -0.4 is 5.43 Å². The van der Waals surface area contributed by atoms with Crippen LogP contribution >= 0.6 is 15.9 Å². The largest absolute Gasteiger partial charge is 0.477 e. The van der Waals surface area contributed by atoms with E-state index < -0.39 is 11.4 Å². The summed E-state index contributed by atoms with van der Waals surface area (Å²) in [5.41, 5.74) is 1.37. The lowest BCUT2D eigenvalue weighted by atomic mass is 10.1. The van der Waals surface area contributed by atoms with E-state index in [1.54, 1.807) is 6.07 Å². The molecule has 0 bridgehead atoms. The first-order chi connectivity index (χ1) is 8.49. The average Bonchev–Trinajstić information content (AvgIpc) is 2.59. The number of hydrogen-bond donors (Lipinski definition) is 1. The molecular weight excluding hydrogens is 298 g/mol. The highest BCUT2D eigenvalue weighted by molar-refractivity contribution is 9.10. The number of carbonyl (C=O) groups is 1. The number of benzene rings is 1. The molecule has 1 aliphatic rings. The minimum atomic E-state index is -1.17. The van der Waals surface area contributed by atoms with Crippen molar-refractivity contribution in [3.63, 3.8) is 0 Å². The van der Waals surface area contributed by atoms with E-state index in [9.17, 15) is 9.59 Å². The fourth-order valence-electron chi connectivity index (χ4n) is 2.61. The molecule has 5 heteroatoms. The summed E-state index contributed by atoms with van der Waals surface area (Å²) in [4.78, 5) is 23.3. The van der Waals surface area contributed by atoms with E-state index in [4.69, 9.17) is 5.11 Å². The summed E-state index contributed by atoms with van der Waals surface area (Å²) in [6.45, 7) is 2.02. The van der Waals surface area contributed by atoms with Crippen molar-refractivity contribution in [2.24, 2.45) is 0 Å². The summed E-state index contributed by atoms with van der Waals surface area (Å²) in [6.07, 6.45) is 2.28. The average molecular weight is 308 g/mol. The topological polar surface area (TPSA) is 59.3 Å². The van der Waals surface area contributed by atoms with E-state index in [0.29, 0.717) is 5.39 Å². The fourth-order valence-corrected chi connectivity index (χ4v) is 3.12. The van der Waals surface area contributed by atoms with Crippen molar-refractivity contribution < 1.29 is 9.90 Å². The molecule has 0 amide bonds. The SMILES string of the molecule is C[C@@H]1Cc2cc(Br)cc3c(=O)c(C(=O)O)cn1c23. The van der Waals surface area contributed by atoms with Crippen LogP contribution in [0.3, 0.4) is 0 Å². The molecule has 1 aliphatic heterocycles. The number of pyridine rings is 1. The Kier molecular flexibility index (Phi) is 2.35. The van der Waals surface area contributed by atoms with Gasteiger partial charge in [-0.15, -0.1) is 0 Å². The van der Waals surface area contributed by atoms with Crippen molar-refractivity contribution in [2.45, 2.75) is 19.4 Å². The Morgan fingerprint density at radius 3 is 2.89 bits per heavy atom. The minimum Gasteiger partial charge on any atom is -0.477 e.